The molecule has 0 saturated carbocycles. The molecule has 3 nitrogen and oxygen atoms in total. The van der Waals surface area contributed by atoms with Gasteiger partial charge in [0.1, 0.15) is 11.4 Å². The number of aryl methyl sites for hydroxylation is 1. The summed E-state index contributed by atoms with van der Waals surface area (Å²) in [6, 6.07) is 13.8. The molecule has 2 aromatic carbocycles. The third-order valence-electron chi connectivity index (χ3n) is 4.37. The number of carbonyl (C=O) groups excluding carboxylic acids is 1. The maximum absolute atomic E-state index is 12.5. The minimum absolute atomic E-state index is 0.0123. The quantitative estimate of drug-likeness (QED) is 0.681. The van der Waals surface area contributed by atoms with E-state index in [0.29, 0.717) is 6.42 Å². The van der Waals surface area contributed by atoms with Gasteiger partial charge in [-0.2, -0.15) is 0 Å². The van der Waals surface area contributed by atoms with E-state index in [-0.39, 0.29) is 17.6 Å². The van der Waals surface area contributed by atoms with E-state index in [0.717, 1.165) is 33.4 Å². The fraction of sp³-hybridized carbons (Fsp3) is 0.381. The Bertz CT molecular complexity index is 789. The summed E-state index contributed by atoms with van der Waals surface area (Å²) in [5, 5.41) is 3.93. The molecule has 0 fully saturated rings. The maximum Gasteiger partial charge on any atom is 0.221 e. The summed E-state index contributed by atoms with van der Waals surface area (Å²) < 4.78 is 6.07. The predicted octanol–water partition coefficient (Wildman–Crippen LogP) is 5.55. The highest BCUT2D eigenvalue weighted by Crippen LogP contribution is 2.39. The van der Waals surface area contributed by atoms with Crippen molar-refractivity contribution in [3.63, 3.8) is 0 Å². The number of carbonyl (C=O) groups is 1. The molecule has 1 atom stereocenters. The van der Waals surface area contributed by atoms with Gasteiger partial charge in [-0.1, -0.05) is 29.3 Å². The largest absolute Gasteiger partial charge is 0.487 e. The Morgan fingerprint density at radius 1 is 1.27 bits per heavy atom. The minimum Gasteiger partial charge on any atom is -0.487 e. The normalized spacial score (nSPS) is 17.9. The molecule has 1 heterocycles. The van der Waals surface area contributed by atoms with Crippen LogP contribution in [0.4, 0.5) is 0 Å². The number of fused-ring (bicyclic) bond motifs is 1. The van der Waals surface area contributed by atoms with Crippen LogP contribution in [0.25, 0.3) is 0 Å². The van der Waals surface area contributed by atoms with Crippen LogP contribution >= 0.6 is 23.4 Å². The van der Waals surface area contributed by atoms with Gasteiger partial charge < -0.3 is 10.1 Å². The van der Waals surface area contributed by atoms with E-state index < -0.39 is 0 Å². The summed E-state index contributed by atoms with van der Waals surface area (Å²) in [4.78, 5) is 13.6. The van der Waals surface area contributed by atoms with Crippen molar-refractivity contribution in [3.8, 4) is 5.75 Å². The van der Waals surface area contributed by atoms with Crippen LogP contribution in [-0.2, 0) is 4.79 Å². The number of nitrogens with one attached hydrogen (secondary N) is 1. The molecule has 0 aromatic heterocycles. The van der Waals surface area contributed by atoms with Crippen LogP contribution in [0.1, 0.15) is 43.9 Å². The molecular formula is C21H24ClNO2S. The molecule has 3 rings (SSSR count). The number of benzene rings is 2. The third-order valence-corrected chi connectivity index (χ3v) is 5.64. The zero-order valence-corrected chi connectivity index (χ0v) is 16.9. The summed E-state index contributed by atoms with van der Waals surface area (Å²) in [5.41, 5.74) is 1.95. The van der Waals surface area contributed by atoms with Gasteiger partial charge in [-0.05, 0) is 51.1 Å². The fourth-order valence-corrected chi connectivity index (χ4v) is 4.14. The lowest BCUT2D eigenvalue weighted by Crippen LogP contribution is -2.41. The number of rotatable bonds is 5. The van der Waals surface area contributed by atoms with Gasteiger partial charge in [0, 0.05) is 34.1 Å². The Morgan fingerprint density at radius 3 is 2.73 bits per heavy atom. The van der Waals surface area contributed by atoms with E-state index in [1.807, 2.05) is 36.4 Å². The predicted molar refractivity (Wildman–Crippen MR) is 108 cm³/mol. The lowest BCUT2D eigenvalue weighted by Gasteiger charge is -2.38. The van der Waals surface area contributed by atoms with Gasteiger partial charge in [-0.25, -0.2) is 0 Å². The van der Waals surface area contributed by atoms with Crippen molar-refractivity contribution in [2.45, 2.75) is 50.2 Å². The number of halogens is 1. The van der Waals surface area contributed by atoms with Gasteiger partial charge in [0.2, 0.25) is 5.91 Å². The standard InChI is InChI=1S/C21H24ClNO2S/c1-14-4-9-19-17(12-14)18(13-21(2,3)25-19)23-20(24)10-11-26-16-7-5-15(22)6-8-16/h4-9,12,18H,10-11,13H2,1-3H3,(H,23,24)/t18-/m0/s1. The molecule has 0 saturated heterocycles. The highest BCUT2D eigenvalue weighted by atomic mass is 35.5. The first-order valence-corrected chi connectivity index (χ1v) is 10.2. The van der Waals surface area contributed by atoms with Crippen LogP contribution in [0.3, 0.4) is 0 Å². The smallest absolute Gasteiger partial charge is 0.221 e. The van der Waals surface area contributed by atoms with Gasteiger partial charge in [0.15, 0.2) is 0 Å². The van der Waals surface area contributed by atoms with E-state index in [1.165, 1.54) is 5.56 Å². The van der Waals surface area contributed by atoms with Gasteiger partial charge in [0.05, 0.1) is 6.04 Å². The summed E-state index contributed by atoms with van der Waals surface area (Å²) in [7, 11) is 0. The molecule has 5 heteroatoms. The lowest BCUT2D eigenvalue weighted by molar-refractivity contribution is -0.121. The molecule has 138 valence electrons. The number of thioether (sulfide) groups is 1. The van der Waals surface area contributed by atoms with Crippen LogP contribution in [-0.4, -0.2) is 17.3 Å². The van der Waals surface area contributed by atoms with E-state index in [9.17, 15) is 4.79 Å². The van der Waals surface area contributed by atoms with Crippen molar-refractivity contribution in [3.05, 3.63) is 58.6 Å². The zero-order valence-electron chi connectivity index (χ0n) is 15.3. The van der Waals surface area contributed by atoms with Crippen LogP contribution < -0.4 is 10.1 Å². The Morgan fingerprint density at radius 2 is 2.00 bits per heavy atom. The number of hydrogen-bond donors (Lipinski definition) is 1. The molecule has 2 aromatic rings. The summed E-state index contributed by atoms with van der Waals surface area (Å²) in [5.74, 6) is 1.68. The molecule has 0 unspecified atom stereocenters. The molecule has 0 radical (unpaired) electrons. The summed E-state index contributed by atoms with van der Waals surface area (Å²) in [6.07, 6.45) is 1.24. The Hall–Kier alpha value is -1.65. The Labute approximate surface area is 164 Å². The number of hydrogen-bond acceptors (Lipinski definition) is 3. The fourth-order valence-electron chi connectivity index (χ4n) is 3.16. The van der Waals surface area contributed by atoms with E-state index >= 15 is 0 Å². The van der Waals surface area contributed by atoms with Crippen LogP contribution in [0.5, 0.6) is 5.75 Å². The number of amides is 1. The Kier molecular flexibility index (Phi) is 5.83. The second-order valence-electron chi connectivity index (χ2n) is 7.28. The van der Waals surface area contributed by atoms with E-state index in [4.69, 9.17) is 16.3 Å². The van der Waals surface area contributed by atoms with E-state index in [2.05, 4.69) is 32.2 Å². The van der Waals surface area contributed by atoms with Crippen molar-refractivity contribution in [1.82, 2.24) is 5.32 Å². The van der Waals surface area contributed by atoms with Crippen molar-refractivity contribution in [2.24, 2.45) is 0 Å². The maximum atomic E-state index is 12.5. The molecule has 1 aliphatic rings. The molecule has 1 aliphatic heterocycles. The van der Waals surface area contributed by atoms with Crippen LogP contribution in [0.15, 0.2) is 47.4 Å². The topological polar surface area (TPSA) is 38.3 Å². The first-order chi connectivity index (χ1) is 12.3. The van der Waals surface area contributed by atoms with Crippen molar-refractivity contribution in [1.29, 1.82) is 0 Å². The van der Waals surface area contributed by atoms with E-state index in [1.54, 1.807) is 11.8 Å². The SMILES string of the molecule is Cc1ccc2c(c1)[C@@H](NC(=O)CCSc1ccc(Cl)cc1)CC(C)(C)O2. The van der Waals surface area contributed by atoms with Gasteiger partial charge in [-0.15, -0.1) is 11.8 Å². The summed E-state index contributed by atoms with van der Waals surface area (Å²) >= 11 is 7.56. The molecule has 0 aliphatic carbocycles. The lowest BCUT2D eigenvalue weighted by atomic mass is 9.89. The van der Waals surface area contributed by atoms with Crippen LogP contribution in [0.2, 0.25) is 5.02 Å². The molecule has 26 heavy (non-hydrogen) atoms. The molecule has 1 amide bonds. The average molecular weight is 390 g/mol. The molecule has 0 bridgehead atoms. The molecular weight excluding hydrogens is 366 g/mol. The summed E-state index contributed by atoms with van der Waals surface area (Å²) in [6.45, 7) is 6.18. The van der Waals surface area contributed by atoms with Gasteiger partial charge in [-0.3, -0.25) is 4.79 Å². The van der Waals surface area contributed by atoms with Crippen LogP contribution in [0, 0.1) is 6.92 Å². The Balaban J connectivity index is 1.60. The van der Waals surface area contributed by atoms with Crippen molar-refractivity contribution < 1.29 is 9.53 Å². The van der Waals surface area contributed by atoms with Crippen molar-refractivity contribution in [2.75, 3.05) is 5.75 Å². The second-order valence-corrected chi connectivity index (χ2v) is 8.88. The first kappa shape index (κ1) is 19.1. The van der Waals surface area contributed by atoms with Gasteiger partial charge in [0.25, 0.3) is 0 Å². The average Bonchev–Trinajstić information content (AvgIpc) is 2.57. The highest BCUT2D eigenvalue weighted by Gasteiger charge is 2.34. The zero-order chi connectivity index (χ0) is 18.7. The highest BCUT2D eigenvalue weighted by molar-refractivity contribution is 7.99. The molecule has 1 N–H and O–H groups in total. The van der Waals surface area contributed by atoms with Crippen molar-refractivity contribution >= 4 is 29.3 Å². The minimum atomic E-state index is -0.293. The van der Waals surface area contributed by atoms with Gasteiger partial charge >= 0.3 is 0 Å². The first-order valence-electron chi connectivity index (χ1n) is 8.80. The molecule has 0 spiro atoms. The number of ether oxygens (including phenoxy) is 1. The monoisotopic (exact) mass is 389 g/mol. The third kappa shape index (κ3) is 4.95. The second kappa shape index (κ2) is 7.93.